The highest BCUT2D eigenvalue weighted by Crippen LogP contribution is 2.49. The van der Waals surface area contributed by atoms with Crippen molar-refractivity contribution in [3.8, 4) is 11.5 Å². The Morgan fingerprint density at radius 1 is 1.08 bits per heavy atom. The van der Waals surface area contributed by atoms with Gasteiger partial charge in [0, 0.05) is 17.7 Å². The molecular formula is C17H15N3O6. The first kappa shape index (κ1) is 16.2. The van der Waals surface area contributed by atoms with Crippen molar-refractivity contribution in [3.05, 3.63) is 40.0 Å². The maximum atomic E-state index is 12.6. The van der Waals surface area contributed by atoms with Crippen LogP contribution in [0.2, 0.25) is 0 Å². The number of allylic oxidation sites excluding steroid dienone is 2. The summed E-state index contributed by atoms with van der Waals surface area (Å²) in [6.45, 7) is 0. The van der Waals surface area contributed by atoms with Gasteiger partial charge in [0.05, 0.1) is 23.0 Å². The number of amides is 2. The zero-order valence-corrected chi connectivity index (χ0v) is 13.5. The molecule has 1 saturated heterocycles. The molecule has 0 radical (unpaired) electrons. The lowest BCUT2D eigenvalue weighted by molar-refractivity contribution is -0.385. The fraction of sp³-hybridized carbons (Fsp3) is 0.353. The summed E-state index contributed by atoms with van der Waals surface area (Å²) in [6.07, 6.45) is 6.73. The molecule has 1 aromatic carbocycles. The predicted octanol–water partition coefficient (Wildman–Crippen LogP) is 1.54. The lowest BCUT2D eigenvalue weighted by atomic mass is 9.63. The number of carbonyl (C=O) groups excluding carboxylic acids is 2. The van der Waals surface area contributed by atoms with Crippen molar-refractivity contribution >= 4 is 23.7 Å². The van der Waals surface area contributed by atoms with E-state index in [4.69, 9.17) is 0 Å². The number of hydrogen-bond acceptors (Lipinski definition) is 7. The average molecular weight is 357 g/mol. The summed E-state index contributed by atoms with van der Waals surface area (Å²) >= 11 is 0. The Balaban J connectivity index is 1.64. The third-order valence-corrected chi connectivity index (χ3v) is 5.37. The second-order valence-electron chi connectivity index (χ2n) is 6.73. The minimum absolute atomic E-state index is 0.0322. The highest BCUT2D eigenvalue weighted by atomic mass is 16.6. The predicted molar refractivity (Wildman–Crippen MR) is 88.2 cm³/mol. The van der Waals surface area contributed by atoms with Crippen molar-refractivity contribution in [2.24, 2.45) is 28.8 Å². The standard InChI is InChI=1S/C17H15N3O6/c21-12-6-13(22)11(20(25)26)5-10(12)7-18-19-16(23)14-8-1-2-9(4-3-8)15(14)17(19)24/h1-2,5-9,14-15,21-22H,3-4H2/b18-7-. The molecule has 2 N–H and O–H groups in total. The summed E-state index contributed by atoms with van der Waals surface area (Å²) in [5, 5.41) is 34.9. The van der Waals surface area contributed by atoms with E-state index in [1.165, 1.54) is 0 Å². The largest absolute Gasteiger partial charge is 0.507 e. The summed E-state index contributed by atoms with van der Waals surface area (Å²) < 4.78 is 0. The van der Waals surface area contributed by atoms with Crippen LogP contribution in [-0.2, 0) is 9.59 Å². The molecule has 9 nitrogen and oxygen atoms in total. The summed E-state index contributed by atoms with van der Waals surface area (Å²) in [6, 6.07) is 1.74. The molecule has 5 rings (SSSR count). The van der Waals surface area contributed by atoms with E-state index in [1.54, 1.807) is 0 Å². The quantitative estimate of drug-likeness (QED) is 0.277. The summed E-state index contributed by atoms with van der Waals surface area (Å²) in [5.74, 6) is -2.67. The number of rotatable bonds is 3. The minimum Gasteiger partial charge on any atom is -0.507 e. The third-order valence-electron chi connectivity index (χ3n) is 5.37. The van der Waals surface area contributed by atoms with Crippen molar-refractivity contribution < 1.29 is 24.7 Å². The van der Waals surface area contributed by atoms with Crippen LogP contribution in [0.5, 0.6) is 11.5 Å². The fourth-order valence-electron chi connectivity index (χ4n) is 4.12. The van der Waals surface area contributed by atoms with Crippen molar-refractivity contribution in [1.29, 1.82) is 0 Å². The molecule has 0 aromatic heterocycles. The van der Waals surface area contributed by atoms with Crippen molar-refractivity contribution in [2.75, 3.05) is 0 Å². The average Bonchev–Trinajstić information content (AvgIpc) is 2.88. The van der Waals surface area contributed by atoms with Crippen molar-refractivity contribution in [2.45, 2.75) is 12.8 Å². The molecule has 4 aliphatic rings. The highest BCUT2D eigenvalue weighted by Gasteiger charge is 2.56. The summed E-state index contributed by atoms with van der Waals surface area (Å²) in [7, 11) is 0. The number of nitro groups is 1. The van der Waals surface area contributed by atoms with Gasteiger partial charge >= 0.3 is 5.69 Å². The van der Waals surface area contributed by atoms with Crippen LogP contribution in [0.15, 0.2) is 29.4 Å². The van der Waals surface area contributed by atoms with Crippen LogP contribution in [0.1, 0.15) is 18.4 Å². The van der Waals surface area contributed by atoms with Crippen LogP contribution in [0, 0.1) is 33.8 Å². The Bertz CT molecular complexity index is 861. The van der Waals surface area contributed by atoms with E-state index >= 15 is 0 Å². The molecule has 4 unspecified atom stereocenters. The van der Waals surface area contributed by atoms with Gasteiger partial charge in [-0.1, -0.05) is 12.2 Å². The van der Waals surface area contributed by atoms with Crippen LogP contribution in [0.25, 0.3) is 0 Å². The van der Waals surface area contributed by atoms with Gasteiger partial charge < -0.3 is 10.2 Å². The molecule has 2 bridgehead atoms. The second kappa shape index (κ2) is 5.65. The van der Waals surface area contributed by atoms with E-state index < -0.39 is 33.9 Å². The van der Waals surface area contributed by atoms with E-state index in [0.29, 0.717) is 0 Å². The first-order chi connectivity index (χ1) is 12.4. The number of phenolic OH excluding ortho intramolecular Hbond substituents is 2. The fourth-order valence-corrected chi connectivity index (χ4v) is 4.12. The van der Waals surface area contributed by atoms with Crippen LogP contribution < -0.4 is 0 Å². The van der Waals surface area contributed by atoms with E-state index in [1.807, 2.05) is 12.2 Å². The smallest absolute Gasteiger partial charge is 0.311 e. The molecule has 1 heterocycles. The molecule has 26 heavy (non-hydrogen) atoms. The first-order valence-corrected chi connectivity index (χ1v) is 8.19. The van der Waals surface area contributed by atoms with Gasteiger partial charge in [0.1, 0.15) is 5.75 Å². The maximum absolute atomic E-state index is 12.6. The van der Waals surface area contributed by atoms with Crippen molar-refractivity contribution in [3.63, 3.8) is 0 Å². The molecule has 2 fully saturated rings. The molecule has 0 spiro atoms. The topological polar surface area (TPSA) is 133 Å². The number of nitrogens with zero attached hydrogens (tertiary/aromatic N) is 3. The number of aromatic hydroxyl groups is 2. The molecule has 2 amide bonds. The van der Waals surface area contributed by atoms with E-state index in [0.717, 1.165) is 36.2 Å². The normalized spacial score (nSPS) is 29.6. The maximum Gasteiger partial charge on any atom is 0.311 e. The van der Waals surface area contributed by atoms with E-state index in [-0.39, 0.29) is 29.2 Å². The number of nitro benzene ring substituents is 1. The second-order valence-corrected chi connectivity index (χ2v) is 6.73. The number of hydrogen-bond donors (Lipinski definition) is 2. The van der Waals surface area contributed by atoms with Gasteiger partial charge in [0.25, 0.3) is 11.8 Å². The molecule has 134 valence electrons. The Kier molecular flexibility index (Phi) is 3.53. The highest BCUT2D eigenvalue weighted by molar-refractivity contribution is 6.06. The monoisotopic (exact) mass is 357 g/mol. The first-order valence-electron chi connectivity index (χ1n) is 8.19. The Labute approximate surface area is 147 Å². The Morgan fingerprint density at radius 3 is 2.15 bits per heavy atom. The number of hydrazone groups is 1. The number of phenols is 2. The van der Waals surface area contributed by atoms with Gasteiger partial charge in [-0.2, -0.15) is 10.1 Å². The van der Waals surface area contributed by atoms with Gasteiger partial charge in [0.15, 0.2) is 5.75 Å². The van der Waals surface area contributed by atoms with Gasteiger partial charge in [0.2, 0.25) is 0 Å². The molecule has 1 saturated carbocycles. The van der Waals surface area contributed by atoms with E-state index in [2.05, 4.69) is 5.10 Å². The summed E-state index contributed by atoms with van der Waals surface area (Å²) in [4.78, 5) is 35.3. The number of carbonyl (C=O) groups is 2. The Hall–Kier alpha value is -3.23. The van der Waals surface area contributed by atoms with Crippen LogP contribution in [0.3, 0.4) is 0 Å². The number of imide groups is 1. The van der Waals surface area contributed by atoms with Crippen LogP contribution in [-0.4, -0.2) is 38.2 Å². The lowest BCUT2D eigenvalue weighted by Gasteiger charge is -2.37. The minimum atomic E-state index is -0.809. The molecule has 1 aromatic rings. The van der Waals surface area contributed by atoms with Gasteiger partial charge in [-0.15, -0.1) is 0 Å². The molecule has 3 aliphatic carbocycles. The van der Waals surface area contributed by atoms with Gasteiger partial charge in [-0.25, -0.2) is 0 Å². The molecule has 1 aliphatic heterocycles. The molecule has 9 heteroatoms. The number of benzene rings is 1. The number of fused-ring (bicyclic) bond motifs is 1. The SMILES string of the molecule is O=C1C2C3C=CC(CC3)C2C(=O)N1/N=C\c1cc([N+](=O)[O-])c(O)cc1O. The Morgan fingerprint density at radius 2 is 1.65 bits per heavy atom. The molecular weight excluding hydrogens is 342 g/mol. The van der Waals surface area contributed by atoms with Crippen LogP contribution >= 0.6 is 0 Å². The zero-order valence-electron chi connectivity index (χ0n) is 13.5. The zero-order chi connectivity index (χ0) is 18.6. The molecule has 4 atom stereocenters. The van der Waals surface area contributed by atoms with Gasteiger partial charge in [-0.3, -0.25) is 19.7 Å². The lowest BCUT2D eigenvalue weighted by Crippen LogP contribution is -2.38. The third kappa shape index (κ3) is 2.27. The van der Waals surface area contributed by atoms with Crippen LogP contribution in [0.4, 0.5) is 5.69 Å². The van der Waals surface area contributed by atoms with Gasteiger partial charge in [-0.05, 0) is 24.7 Å². The summed E-state index contributed by atoms with van der Waals surface area (Å²) in [5.41, 5.74) is -0.690. The van der Waals surface area contributed by atoms with Crippen molar-refractivity contribution in [1.82, 2.24) is 5.01 Å². The van der Waals surface area contributed by atoms with E-state index in [9.17, 15) is 29.9 Å².